The summed E-state index contributed by atoms with van der Waals surface area (Å²) in [6, 6.07) is 13.9. The van der Waals surface area contributed by atoms with Gasteiger partial charge >= 0.3 is 0 Å². The third-order valence-electron chi connectivity index (χ3n) is 3.84. The van der Waals surface area contributed by atoms with E-state index in [4.69, 9.17) is 9.47 Å². The minimum absolute atomic E-state index is 0.0582. The van der Waals surface area contributed by atoms with Crippen LogP contribution in [-0.4, -0.2) is 30.4 Å². The van der Waals surface area contributed by atoms with Gasteiger partial charge in [-0.25, -0.2) is 0 Å². The van der Waals surface area contributed by atoms with Crippen LogP contribution in [0.2, 0.25) is 0 Å². The van der Waals surface area contributed by atoms with Crippen LogP contribution in [-0.2, 0) is 4.79 Å². The SMILES string of the molecule is COc1ccc(NC(=O)COc2cccc(C(C)=O)c2)c2cccnc12. The Morgan fingerprint density at radius 3 is 2.73 bits per heavy atom. The lowest BCUT2D eigenvalue weighted by Crippen LogP contribution is -2.20. The highest BCUT2D eigenvalue weighted by atomic mass is 16.5. The van der Waals surface area contributed by atoms with E-state index in [2.05, 4.69) is 10.3 Å². The summed E-state index contributed by atoms with van der Waals surface area (Å²) in [5.41, 5.74) is 1.83. The molecule has 1 heterocycles. The molecular weight excluding hydrogens is 332 g/mol. The first-order chi connectivity index (χ1) is 12.6. The second-order valence-corrected chi connectivity index (χ2v) is 5.64. The van der Waals surface area contributed by atoms with Crippen LogP contribution < -0.4 is 14.8 Å². The van der Waals surface area contributed by atoms with Gasteiger partial charge in [-0.05, 0) is 43.3 Å². The van der Waals surface area contributed by atoms with Crippen molar-refractivity contribution in [2.45, 2.75) is 6.92 Å². The maximum absolute atomic E-state index is 12.2. The second kappa shape index (κ2) is 7.65. The average Bonchev–Trinajstić information content (AvgIpc) is 2.67. The highest BCUT2D eigenvalue weighted by Crippen LogP contribution is 2.29. The highest BCUT2D eigenvalue weighted by Gasteiger charge is 2.11. The molecule has 3 aromatic rings. The van der Waals surface area contributed by atoms with Crippen molar-refractivity contribution in [2.24, 2.45) is 0 Å². The summed E-state index contributed by atoms with van der Waals surface area (Å²) >= 11 is 0. The number of fused-ring (bicyclic) bond motifs is 1. The molecule has 0 radical (unpaired) electrons. The summed E-state index contributed by atoms with van der Waals surface area (Å²) in [5, 5.41) is 3.59. The zero-order valence-corrected chi connectivity index (χ0v) is 14.5. The van der Waals surface area contributed by atoms with E-state index in [-0.39, 0.29) is 18.3 Å². The van der Waals surface area contributed by atoms with Gasteiger partial charge in [-0.1, -0.05) is 12.1 Å². The van der Waals surface area contributed by atoms with Crippen LogP contribution in [0.25, 0.3) is 10.9 Å². The van der Waals surface area contributed by atoms with Crippen molar-refractivity contribution in [3.8, 4) is 11.5 Å². The highest BCUT2D eigenvalue weighted by molar-refractivity contribution is 6.03. The molecule has 0 saturated heterocycles. The van der Waals surface area contributed by atoms with Crippen molar-refractivity contribution in [3.63, 3.8) is 0 Å². The van der Waals surface area contributed by atoms with Gasteiger partial charge in [-0.15, -0.1) is 0 Å². The molecule has 0 aliphatic heterocycles. The number of pyridine rings is 1. The Bertz CT molecular complexity index is 969. The first kappa shape index (κ1) is 17.4. The third kappa shape index (κ3) is 3.80. The number of amides is 1. The molecule has 0 atom stereocenters. The summed E-state index contributed by atoms with van der Waals surface area (Å²) in [4.78, 5) is 28.0. The molecule has 0 fully saturated rings. The van der Waals surface area contributed by atoms with Gasteiger partial charge in [0.2, 0.25) is 0 Å². The molecule has 1 N–H and O–H groups in total. The molecule has 0 aliphatic rings. The summed E-state index contributed by atoms with van der Waals surface area (Å²) in [7, 11) is 1.57. The standard InChI is InChI=1S/C20H18N2O4/c1-13(23)14-5-3-6-15(11-14)26-12-19(24)22-17-8-9-18(25-2)20-16(17)7-4-10-21-20/h3-11H,12H2,1-2H3,(H,22,24). The van der Waals surface area contributed by atoms with Gasteiger partial charge in [0.1, 0.15) is 17.0 Å². The number of benzene rings is 2. The number of hydrogen-bond acceptors (Lipinski definition) is 5. The number of methoxy groups -OCH3 is 1. The van der Waals surface area contributed by atoms with Crippen molar-refractivity contribution in [3.05, 3.63) is 60.3 Å². The number of nitrogens with zero attached hydrogens (tertiary/aromatic N) is 1. The number of rotatable bonds is 6. The monoisotopic (exact) mass is 350 g/mol. The van der Waals surface area contributed by atoms with E-state index in [0.717, 1.165) is 5.39 Å². The van der Waals surface area contributed by atoms with E-state index in [9.17, 15) is 9.59 Å². The van der Waals surface area contributed by atoms with Crippen LogP contribution in [0, 0.1) is 0 Å². The number of hydrogen-bond donors (Lipinski definition) is 1. The molecule has 0 unspecified atom stereocenters. The van der Waals surface area contributed by atoms with E-state index >= 15 is 0 Å². The number of ketones is 1. The van der Waals surface area contributed by atoms with Gasteiger partial charge in [0.05, 0.1) is 12.8 Å². The molecular formula is C20H18N2O4. The minimum Gasteiger partial charge on any atom is -0.494 e. The summed E-state index contributed by atoms with van der Waals surface area (Å²) < 4.78 is 10.8. The minimum atomic E-state index is -0.312. The number of carbonyl (C=O) groups excluding carboxylic acids is 2. The average molecular weight is 350 g/mol. The fourth-order valence-corrected chi connectivity index (χ4v) is 2.56. The van der Waals surface area contributed by atoms with Crippen molar-refractivity contribution in [2.75, 3.05) is 19.0 Å². The zero-order valence-electron chi connectivity index (χ0n) is 14.5. The summed E-state index contributed by atoms with van der Waals surface area (Å²) in [5.74, 6) is 0.732. The lowest BCUT2D eigenvalue weighted by molar-refractivity contribution is -0.118. The smallest absolute Gasteiger partial charge is 0.262 e. The number of aromatic nitrogens is 1. The fourth-order valence-electron chi connectivity index (χ4n) is 2.56. The normalized spacial score (nSPS) is 10.4. The Morgan fingerprint density at radius 1 is 1.12 bits per heavy atom. The molecule has 0 aliphatic carbocycles. The largest absolute Gasteiger partial charge is 0.494 e. The maximum atomic E-state index is 12.2. The van der Waals surface area contributed by atoms with Gasteiger partial charge in [0.25, 0.3) is 5.91 Å². The topological polar surface area (TPSA) is 77.5 Å². The Balaban J connectivity index is 1.72. The van der Waals surface area contributed by atoms with E-state index in [1.54, 1.807) is 55.8 Å². The molecule has 3 rings (SSSR count). The quantitative estimate of drug-likeness (QED) is 0.689. The zero-order chi connectivity index (χ0) is 18.5. The van der Waals surface area contributed by atoms with E-state index in [1.807, 2.05) is 6.07 Å². The summed E-state index contributed by atoms with van der Waals surface area (Å²) in [6.07, 6.45) is 1.67. The molecule has 26 heavy (non-hydrogen) atoms. The van der Waals surface area contributed by atoms with Crippen molar-refractivity contribution in [1.29, 1.82) is 0 Å². The number of carbonyl (C=O) groups is 2. The second-order valence-electron chi connectivity index (χ2n) is 5.64. The molecule has 6 heteroatoms. The van der Waals surface area contributed by atoms with Crippen LogP contribution in [0.3, 0.4) is 0 Å². The van der Waals surface area contributed by atoms with E-state index in [1.165, 1.54) is 6.92 Å². The lowest BCUT2D eigenvalue weighted by atomic mass is 10.1. The van der Waals surface area contributed by atoms with E-state index in [0.29, 0.717) is 28.3 Å². The van der Waals surface area contributed by atoms with Gasteiger partial charge in [0, 0.05) is 17.1 Å². The molecule has 1 aromatic heterocycles. The number of anilines is 1. The number of nitrogens with one attached hydrogen (secondary N) is 1. The van der Waals surface area contributed by atoms with Crippen molar-refractivity contribution in [1.82, 2.24) is 4.98 Å². The van der Waals surface area contributed by atoms with Crippen molar-refractivity contribution >= 4 is 28.3 Å². The summed E-state index contributed by atoms with van der Waals surface area (Å²) in [6.45, 7) is 1.31. The molecule has 6 nitrogen and oxygen atoms in total. The van der Waals surface area contributed by atoms with Gasteiger partial charge in [-0.3, -0.25) is 14.6 Å². The Labute approximate surface area is 150 Å². The Kier molecular flexibility index (Phi) is 5.12. The van der Waals surface area contributed by atoms with Crippen molar-refractivity contribution < 1.29 is 19.1 Å². The van der Waals surface area contributed by atoms with Gasteiger partial charge < -0.3 is 14.8 Å². The molecule has 0 saturated carbocycles. The third-order valence-corrected chi connectivity index (χ3v) is 3.84. The van der Waals surface area contributed by atoms with Crippen LogP contribution in [0.5, 0.6) is 11.5 Å². The number of Topliss-reactive ketones (excluding diaryl/α,β-unsaturated/α-hetero) is 1. The van der Waals surface area contributed by atoms with Crippen LogP contribution in [0.15, 0.2) is 54.7 Å². The molecule has 2 aromatic carbocycles. The maximum Gasteiger partial charge on any atom is 0.262 e. The predicted octanol–water partition coefficient (Wildman–Crippen LogP) is 3.46. The molecule has 0 bridgehead atoms. The number of ether oxygens (including phenoxy) is 2. The van der Waals surface area contributed by atoms with Gasteiger partial charge in [-0.2, -0.15) is 0 Å². The fraction of sp³-hybridized carbons (Fsp3) is 0.150. The molecule has 1 amide bonds. The van der Waals surface area contributed by atoms with Crippen LogP contribution in [0.4, 0.5) is 5.69 Å². The van der Waals surface area contributed by atoms with Crippen LogP contribution >= 0.6 is 0 Å². The Hall–Kier alpha value is -3.41. The molecule has 0 spiro atoms. The van der Waals surface area contributed by atoms with Crippen LogP contribution in [0.1, 0.15) is 17.3 Å². The molecule has 132 valence electrons. The first-order valence-electron chi connectivity index (χ1n) is 8.04. The first-order valence-corrected chi connectivity index (χ1v) is 8.04. The predicted molar refractivity (Wildman–Crippen MR) is 98.9 cm³/mol. The lowest BCUT2D eigenvalue weighted by Gasteiger charge is -2.11. The Morgan fingerprint density at radius 2 is 1.96 bits per heavy atom. The van der Waals surface area contributed by atoms with Gasteiger partial charge in [0.15, 0.2) is 12.4 Å². The van der Waals surface area contributed by atoms with E-state index < -0.39 is 0 Å².